The second-order valence-electron chi connectivity index (χ2n) is 2.22. The molecule has 0 rings (SSSR count). The number of thiol groups is 1. The van der Waals surface area contributed by atoms with Crippen LogP contribution in [0.15, 0.2) is 0 Å². The third-order valence-electron chi connectivity index (χ3n) is 0.957. The van der Waals surface area contributed by atoms with E-state index >= 15 is 0 Å². The maximum atomic E-state index is 7.87. The minimum Gasteiger partial charge on any atom is -0.338 e. The third-order valence-corrected chi connectivity index (χ3v) is 4.97. The van der Waals surface area contributed by atoms with Crippen LogP contribution in [0.2, 0.25) is 10.0 Å². The molecule has 0 unspecified atom stereocenters. The van der Waals surface area contributed by atoms with E-state index in [4.69, 9.17) is 9.79 Å². The van der Waals surface area contributed by atoms with E-state index < -0.39 is 5.69 Å². The van der Waals surface area contributed by atoms with E-state index in [2.05, 4.69) is 37.9 Å². The van der Waals surface area contributed by atoms with Crippen molar-refractivity contribution in [3.8, 4) is 0 Å². The van der Waals surface area contributed by atoms with E-state index in [1.165, 1.54) is 6.42 Å². The molecule has 6 heteroatoms. The Hall–Kier alpha value is 1.54. The summed E-state index contributed by atoms with van der Waals surface area (Å²) in [6.07, 6.45) is 1.44. The zero-order valence-electron chi connectivity index (χ0n) is 7.03. The van der Waals surface area contributed by atoms with E-state index in [1.54, 1.807) is 10.0 Å². The monoisotopic (exact) mass is 266 g/mol. The fraction of sp³-hybridized carbons (Fsp3) is 1.00. The smallest absolute Gasteiger partial charge is 0.239 e. The van der Waals surface area contributed by atoms with Crippen molar-refractivity contribution in [1.29, 1.82) is 0 Å². The SMILES string of the molecule is CC[CH2][Zn][CH2]C.OP(O)(=S)S. The molecule has 0 atom stereocenters. The van der Waals surface area contributed by atoms with Crippen LogP contribution in [0.4, 0.5) is 0 Å². The fourth-order valence-corrected chi connectivity index (χ4v) is 2.60. The molecule has 2 N–H and O–H groups in total. The Morgan fingerprint density at radius 2 is 1.82 bits per heavy atom. The molecular weight excluding hydrogens is 253 g/mol. The second kappa shape index (κ2) is 9.63. The van der Waals surface area contributed by atoms with Gasteiger partial charge in [-0.05, 0) is 11.8 Å². The van der Waals surface area contributed by atoms with Gasteiger partial charge in [0.25, 0.3) is 0 Å². The van der Waals surface area contributed by atoms with Gasteiger partial charge in [-0.15, -0.1) is 0 Å². The Morgan fingerprint density at radius 3 is 1.91 bits per heavy atom. The zero-order chi connectivity index (χ0) is 9.33. The fourth-order valence-electron chi connectivity index (χ4n) is 0.500. The van der Waals surface area contributed by atoms with Crippen LogP contribution in [0.5, 0.6) is 0 Å². The molecule has 0 radical (unpaired) electrons. The molecule has 0 aromatic heterocycles. The summed E-state index contributed by atoms with van der Waals surface area (Å²) in [4.78, 5) is 15.7. The summed E-state index contributed by atoms with van der Waals surface area (Å²) in [5, 5.41) is 3.14. The Labute approximate surface area is 86.7 Å². The van der Waals surface area contributed by atoms with E-state index in [0.717, 1.165) is 0 Å². The Kier molecular flexibility index (Phi) is 13.2. The number of hydrogen-bond donors (Lipinski definition) is 3. The molecule has 0 heterocycles. The van der Waals surface area contributed by atoms with Gasteiger partial charge in [0.05, 0.1) is 0 Å². The molecule has 2 nitrogen and oxygen atoms in total. The largest absolute Gasteiger partial charge is 0.338 e. The van der Waals surface area contributed by atoms with Gasteiger partial charge in [0.15, 0.2) is 0 Å². The first-order valence-corrected chi connectivity index (χ1v) is 11.8. The predicted octanol–water partition coefficient (Wildman–Crippen LogP) is 2.46. The number of hydrogen-bond acceptors (Lipinski definition) is 1. The van der Waals surface area contributed by atoms with Gasteiger partial charge in [-0.25, -0.2) is 0 Å². The van der Waals surface area contributed by atoms with Crippen molar-refractivity contribution in [2.75, 3.05) is 0 Å². The third kappa shape index (κ3) is 50.9. The molecule has 66 valence electrons. The Bertz CT molecular complexity index is 105. The standard InChI is InChI=1S/C3H7.C2H5.H3O2PS2.Zn/c1-3-2;1-2;1-3(2,4)5;/h1,3H2,2H3;1H2,2H3;(H3,1,2,4,5);. The molecule has 0 aromatic rings. The van der Waals surface area contributed by atoms with Crippen LogP contribution < -0.4 is 0 Å². The summed E-state index contributed by atoms with van der Waals surface area (Å²) in [5.74, 6) is 0. The van der Waals surface area contributed by atoms with Gasteiger partial charge < -0.3 is 9.79 Å². The minimum atomic E-state index is -3.11. The van der Waals surface area contributed by atoms with Crippen LogP contribution in [-0.2, 0) is 28.9 Å². The first kappa shape index (κ1) is 15.0. The van der Waals surface area contributed by atoms with Crippen LogP contribution in [-0.4, -0.2) is 9.79 Å². The molecule has 0 aliphatic rings. The molecule has 11 heavy (non-hydrogen) atoms. The first-order valence-electron chi connectivity index (χ1n) is 3.70. The van der Waals surface area contributed by atoms with Crippen molar-refractivity contribution in [2.24, 2.45) is 0 Å². The topological polar surface area (TPSA) is 40.5 Å². The number of rotatable bonds is 3. The molecule has 0 aromatic carbocycles. The molecule has 0 fully saturated rings. The van der Waals surface area contributed by atoms with Crippen LogP contribution in [0.1, 0.15) is 20.3 Å². The van der Waals surface area contributed by atoms with Crippen molar-refractivity contribution in [3.63, 3.8) is 0 Å². The van der Waals surface area contributed by atoms with Crippen LogP contribution in [0, 0.1) is 0 Å². The minimum absolute atomic E-state index is 0.0747. The molecule has 0 aliphatic heterocycles. The zero-order valence-corrected chi connectivity index (χ0v) is 12.6. The van der Waals surface area contributed by atoms with Crippen molar-refractivity contribution < 1.29 is 26.9 Å². The summed E-state index contributed by atoms with van der Waals surface area (Å²) in [5.41, 5.74) is -3.11. The average molecular weight is 268 g/mol. The first-order chi connectivity index (χ1) is 4.91. The molecule has 0 saturated carbocycles. The second-order valence-corrected chi connectivity index (χ2v) is 12.3. The van der Waals surface area contributed by atoms with Crippen molar-refractivity contribution in [1.82, 2.24) is 0 Å². The molecule has 0 bridgehead atoms. The van der Waals surface area contributed by atoms with Gasteiger partial charge >= 0.3 is 47.4 Å². The maximum absolute atomic E-state index is 7.87. The normalized spacial score (nSPS) is 9.55. The Morgan fingerprint density at radius 1 is 1.45 bits per heavy atom. The van der Waals surface area contributed by atoms with Crippen LogP contribution >= 0.6 is 17.9 Å². The maximum Gasteiger partial charge on any atom is 0.239 e. The van der Waals surface area contributed by atoms with Gasteiger partial charge in [-0.3, -0.25) is 0 Å². The van der Waals surface area contributed by atoms with Gasteiger partial charge in [-0.1, -0.05) is 12.2 Å². The van der Waals surface area contributed by atoms with E-state index in [1.807, 2.05) is 0 Å². The van der Waals surface area contributed by atoms with E-state index in [0.29, 0.717) is 0 Å². The van der Waals surface area contributed by atoms with Crippen molar-refractivity contribution in [3.05, 3.63) is 0 Å². The molecular formula is C5H15O2PS2Zn. The summed E-state index contributed by atoms with van der Waals surface area (Å²) in [6.45, 7) is 4.59. The quantitative estimate of drug-likeness (QED) is 0.318. The summed E-state index contributed by atoms with van der Waals surface area (Å²) < 4.78 is 0. The van der Waals surface area contributed by atoms with Crippen LogP contribution in [0.25, 0.3) is 0 Å². The van der Waals surface area contributed by atoms with Gasteiger partial charge in [0.2, 0.25) is 5.69 Å². The van der Waals surface area contributed by atoms with Crippen molar-refractivity contribution in [2.45, 2.75) is 30.3 Å². The average Bonchev–Trinajstić information content (AvgIpc) is 1.79. The molecule has 0 saturated heterocycles. The van der Waals surface area contributed by atoms with Gasteiger partial charge in [-0.2, -0.15) is 0 Å². The summed E-state index contributed by atoms with van der Waals surface area (Å²) in [7, 11) is 0. The van der Waals surface area contributed by atoms with E-state index in [-0.39, 0.29) is 17.1 Å². The summed E-state index contributed by atoms with van der Waals surface area (Å²) >= 11 is 7.15. The van der Waals surface area contributed by atoms with E-state index in [9.17, 15) is 0 Å². The molecule has 0 aliphatic carbocycles. The molecule has 0 spiro atoms. The predicted molar refractivity (Wildman–Crippen MR) is 53.3 cm³/mol. The van der Waals surface area contributed by atoms with Crippen molar-refractivity contribution >= 4 is 29.7 Å². The van der Waals surface area contributed by atoms with Gasteiger partial charge in [0, 0.05) is 0 Å². The Balaban J connectivity index is 0. The summed E-state index contributed by atoms with van der Waals surface area (Å²) in [6, 6.07) is 0. The molecule has 0 amide bonds. The van der Waals surface area contributed by atoms with Gasteiger partial charge in [0.1, 0.15) is 0 Å². The van der Waals surface area contributed by atoms with Crippen LogP contribution in [0.3, 0.4) is 0 Å².